The highest BCUT2D eigenvalue weighted by Crippen LogP contribution is 2.29. The van der Waals surface area contributed by atoms with E-state index in [0.29, 0.717) is 6.04 Å². The van der Waals surface area contributed by atoms with E-state index < -0.39 is 11.5 Å². The first-order valence-electron chi connectivity index (χ1n) is 10.5. The molecule has 0 bridgehead atoms. The van der Waals surface area contributed by atoms with Crippen molar-refractivity contribution in [1.29, 1.82) is 5.41 Å². The van der Waals surface area contributed by atoms with Crippen molar-refractivity contribution in [3.63, 3.8) is 0 Å². The van der Waals surface area contributed by atoms with Gasteiger partial charge in [0.25, 0.3) is 0 Å². The molecule has 2 aromatic carbocycles. The van der Waals surface area contributed by atoms with Crippen LogP contribution in [0.5, 0.6) is 0 Å². The average molecular weight is 500 g/mol. The molecular weight excluding hydrogens is 480 g/mol. The van der Waals surface area contributed by atoms with Crippen molar-refractivity contribution in [2.45, 2.75) is 18.9 Å². The summed E-state index contributed by atoms with van der Waals surface area (Å²) in [6, 6.07) is 8.70. The summed E-state index contributed by atoms with van der Waals surface area (Å²) in [5, 5.41) is 11.8. The van der Waals surface area contributed by atoms with E-state index in [0.717, 1.165) is 35.2 Å². The SMILES string of the molecule is CN(C)[C@@H]1Cc2ccc(Nc3ncc4c(=N)n(-c5c(Cl)cc(F)cc5Cl)c(=O)[nH]c4n3)cc2C1. The van der Waals surface area contributed by atoms with Crippen molar-refractivity contribution in [3.8, 4) is 5.69 Å². The minimum Gasteiger partial charge on any atom is -0.324 e. The second-order valence-electron chi connectivity index (χ2n) is 8.42. The fourth-order valence-corrected chi connectivity index (χ4v) is 4.85. The van der Waals surface area contributed by atoms with Gasteiger partial charge in [0.1, 0.15) is 11.3 Å². The second kappa shape index (κ2) is 8.50. The molecule has 11 heteroatoms. The summed E-state index contributed by atoms with van der Waals surface area (Å²) in [7, 11) is 4.17. The van der Waals surface area contributed by atoms with Crippen molar-refractivity contribution in [1.82, 2.24) is 24.4 Å². The van der Waals surface area contributed by atoms with E-state index in [-0.39, 0.29) is 38.2 Å². The molecule has 174 valence electrons. The summed E-state index contributed by atoms with van der Waals surface area (Å²) >= 11 is 12.2. The van der Waals surface area contributed by atoms with Crippen LogP contribution in [-0.2, 0) is 12.8 Å². The lowest BCUT2D eigenvalue weighted by molar-refractivity contribution is 0.303. The first-order valence-corrected chi connectivity index (χ1v) is 11.2. The number of aromatic nitrogens is 4. The Morgan fingerprint density at radius 1 is 1.18 bits per heavy atom. The molecule has 34 heavy (non-hydrogen) atoms. The van der Waals surface area contributed by atoms with Gasteiger partial charge >= 0.3 is 5.69 Å². The molecule has 5 rings (SSSR count). The first-order chi connectivity index (χ1) is 16.2. The molecule has 0 saturated carbocycles. The van der Waals surface area contributed by atoms with Crippen molar-refractivity contribution >= 4 is 45.9 Å². The molecule has 0 unspecified atom stereocenters. The third kappa shape index (κ3) is 3.96. The summed E-state index contributed by atoms with van der Waals surface area (Å²) in [4.78, 5) is 26.4. The Morgan fingerprint density at radius 2 is 1.88 bits per heavy atom. The van der Waals surface area contributed by atoms with Gasteiger partial charge in [0.05, 0.1) is 21.1 Å². The normalized spacial score (nSPS) is 15.2. The molecule has 0 fully saturated rings. The van der Waals surface area contributed by atoms with Crippen molar-refractivity contribution in [2.75, 3.05) is 19.4 Å². The van der Waals surface area contributed by atoms with Gasteiger partial charge in [-0.2, -0.15) is 4.98 Å². The van der Waals surface area contributed by atoms with Crippen molar-refractivity contribution < 1.29 is 4.39 Å². The zero-order valence-electron chi connectivity index (χ0n) is 18.3. The molecule has 2 aromatic heterocycles. The molecule has 8 nitrogen and oxygen atoms in total. The van der Waals surface area contributed by atoms with E-state index in [1.54, 1.807) is 0 Å². The smallest absolute Gasteiger partial charge is 0.324 e. The number of nitrogens with zero attached hydrogens (tertiary/aromatic N) is 4. The second-order valence-corrected chi connectivity index (χ2v) is 9.24. The van der Waals surface area contributed by atoms with Gasteiger partial charge in [0, 0.05) is 17.9 Å². The quantitative estimate of drug-likeness (QED) is 0.396. The van der Waals surface area contributed by atoms with Crippen molar-refractivity contribution in [2.24, 2.45) is 0 Å². The highest BCUT2D eigenvalue weighted by molar-refractivity contribution is 6.37. The number of likely N-dealkylation sites (N-methyl/N-ethyl adjacent to an activating group) is 1. The molecule has 1 aliphatic carbocycles. The lowest BCUT2D eigenvalue weighted by Crippen LogP contribution is -2.34. The molecule has 2 heterocycles. The summed E-state index contributed by atoms with van der Waals surface area (Å²) in [6.45, 7) is 0. The lowest BCUT2D eigenvalue weighted by atomic mass is 10.1. The van der Waals surface area contributed by atoms with E-state index in [1.165, 1.54) is 17.3 Å². The van der Waals surface area contributed by atoms with Gasteiger partial charge in [-0.15, -0.1) is 0 Å². The fraction of sp³-hybridized carbons (Fsp3) is 0.217. The van der Waals surface area contributed by atoms with E-state index in [1.807, 2.05) is 6.07 Å². The van der Waals surface area contributed by atoms with Crippen molar-refractivity contribution in [3.05, 3.63) is 79.5 Å². The zero-order valence-corrected chi connectivity index (χ0v) is 19.8. The van der Waals surface area contributed by atoms with Gasteiger partial charge in [0.15, 0.2) is 5.65 Å². The molecule has 4 aromatic rings. The van der Waals surface area contributed by atoms with E-state index in [4.69, 9.17) is 28.6 Å². The number of anilines is 2. The van der Waals surface area contributed by atoms with Crippen LogP contribution in [0.3, 0.4) is 0 Å². The van der Waals surface area contributed by atoms with Crippen LogP contribution < -0.4 is 16.5 Å². The molecular formula is C23H20Cl2FN7O. The number of aromatic amines is 1. The summed E-state index contributed by atoms with van der Waals surface area (Å²) < 4.78 is 14.6. The largest absolute Gasteiger partial charge is 0.333 e. The molecule has 0 amide bonds. The van der Waals surface area contributed by atoms with E-state index >= 15 is 0 Å². The van der Waals surface area contributed by atoms with Crippen LogP contribution in [0.1, 0.15) is 11.1 Å². The van der Waals surface area contributed by atoms with Gasteiger partial charge in [-0.1, -0.05) is 29.3 Å². The number of rotatable bonds is 4. The number of H-pyrrole nitrogens is 1. The van der Waals surface area contributed by atoms with Crippen LogP contribution in [0, 0.1) is 11.2 Å². The maximum absolute atomic E-state index is 13.6. The lowest BCUT2D eigenvalue weighted by Gasteiger charge is -2.17. The van der Waals surface area contributed by atoms with E-state index in [9.17, 15) is 9.18 Å². The van der Waals surface area contributed by atoms with Crippen LogP contribution in [0.4, 0.5) is 16.0 Å². The van der Waals surface area contributed by atoms with E-state index in [2.05, 4.69) is 51.4 Å². The molecule has 1 aliphatic rings. The highest BCUT2D eigenvalue weighted by atomic mass is 35.5. The molecule has 1 atom stereocenters. The predicted molar refractivity (Wildman–Crippen MR) is 130 cm³/mol. The third-order valence-electron chi connectivity index (χ3n) is 6.00. The topological polar surface area (TPSA) is 103 Å². The van der Waals surface area contributed by atoms with Gasteiger partial charge in [-0.3, -0.25) is 10.4 Å². The van der Waals surface area contributed by atoms with Gasteiger partial charge < -0.3 is 10.2 Å². The van der Waals surface area contributed by atoms with Crippen LogP contribution in [0.25, 0.3) is 16.7 Å². The molecule has 0 saturated heterocycles. The maximum Gasteiger partial charge on any atom is 0.333 e. The Kier molecular flexibility index (Phi) is 5.63. The molecule has 0 radical (unpaired) electrons. The maximum atomic E-state index is 13.6. The Labute approximate surface area is 203 Å². The number of fused-ring (bicyclic) bond motifs is 2. The standard InChI is InChI=1S/C23H20Cl2FN7O/c1-32(2)15-6-11-3-4-14(5-12(11)7-15)29-22-28-10-16-20(27)33(23(34)31-21(16)30-22)19-17(24)8-13(26)9-18(19)25/h3-5,8-10,15,27H,6-7H2,1-2H3,(H2,28,29,30,31,34)/t15-/m1/s1. The van der Waals surface area contributed by atoms with Gasteiger partial charge in [-0.05, 0) is 62.3 Å². The van der Waals surface area contributed by atoms with Crippen LogP contribution in [-0.4, -0.2) is 44.6 Å². The monoisotopic (exact) mass is 499 g/mol. The zero-order chi connectivity index (χ0) is 24.1. The third-order valence-corrected chi connectivity index (χ3v) is 6.58. The molecule has 3 N–H and O–H groups in total. The highest BCUT2D eigenvalue weighted by Gasteiger charge is 2.23. The number of benzene rings is 2. The predicted octanol–water partition coefficient (Wildman–Crippen LogP) is 3.81. The summed E-state index contributed by atoms with van der Waals surface area (Å²) in [5.74, 6) is -0.369. The number of hydrogen-bond acceptors (Lipinski definition) is 6. The molecule has 0 aliphatic heterocycles. The summed E-state index contributed by atoms with van der Waals surface area (Å²) in [5.41, 5.74) is 2.70. The number of nitrogens with one attached hydrogen (secondary N) is 3. The Bertz CT molecular complexity index is 1540. The van der Waals surface area contributed by atoms with Crippen LogP contribution in [0.2, 0.25) is 10.0 Å². The number of hydrogen-bond donors (Lipinski definition) is 3. The van der Waals surface area contributed by atoms with Gasteiger partial charge in [-0.25, -0.2) is 18.7 Å². The average Bonchev–Trinajstić information content (AvgIpc) is 3.19. The minimum atomic E-state index is -0.690. The number of halogens is 3. The minimum absolute atomic E-state index is 0.00857. The van der Waals surface area contributed by atoms with Crippen LogP contribution in [0.15, 0.2) is 41.3 Å². The fourth-order valence-electron chi connectivity index (χ4n) is 4.22. The Hall–Kier alpha value is -3.27. The van der Waals surface area contributed by atoms with Gasteiger partial charge in [0.2, 0.25) is 5.95 Å². The summed E-state index contributed by atoms with van der Waals surface area (Å²) in [6.07, 6.45) is 3.42. The molecule has 0 spiro atoms. The van der Waals surface area contributed by atoms with Crippen LogP contribution >= 0.6 is 23.2 Å². The Balaban J connectivity index is 1.51. The Morgan fingerprint density at radius 3 is 2.59 bits per heavy atom. The first kappa shape index (κ1) is 22.5.